The molecule has 0 radical (unpaired) electrons. The number of thiol groups is 1. The maximum atomic E-state index is 11.8. The summed E-state index contributed by atoms with van der Waals surface area (Å²) in [4.78, 5) is 22.6. The summed E-state index contributed by atoms with van der Waals surface area (Å²) in [6.07, 6.45) is 1.96. The van der Waals surface area contributed by atoms with Gasteiger partial charge in [0.25, 0.3) is 0 Å². The molecule has 1 unspecified atom stereocenters. The zero-order chi connectivity index (χ0) is 12.8. The van der Waals surface area contributed by atoms with Crippen LogP contribution in [0, 0.1) is 0 Å². The fraction of sp³-hybridized carbons (Fsp3) is 0.818. The maximum Gasteiger partial charge on any atom is 0.243 e. The summed E-state index contributed by atoms with van der Waals surface area (Å²) in [6.45, 7) is 4.05. The van der Waals surface area contributed by atoms with E-state index in [9.17, 15) is 9.59 Å². The Morgan fingerprint density at radius 1 is 1.47 bits per heavy atom. The van der Waals surface area contributed by atoms with Gasteiger partial charge in [0.1, 0.15) is 6.04 Å². The van der Waals surface area contributed by atoms with Gasteiger partial charge in [-0.2, -0.15) is 12.6 Å². The zero-order valence-corrected chi connectivity index (χ0v) is 11.1. The van der Waals surface area contributed by atoms with Crippen LogP contribution in [0.4, 0.5) is 0 Å². The first-order chi connectivity index (χ1) is 8.06. The number of carbonyl (C=O) groups excluding carboxylic acids is 2. The second kappa shape index (κ2) is 6.86. The van der Waals surface area contributed by atoms with Crippen LogP contribution in [0.15, 0.2) is 0 Å². The van der Waals surface area contributed by atoms with E-state index in [4.69, 9.17) is 4.74 Å². The molecule has 1 rings (SSSR count). The van der Waals surface area contributed by atoms with Crippen molar-refractivity contribution in [2.75, 3.05) is 12.4 Å². The Bertz CT molecular complexity index is 280. The van der Waals surface area contributed by atoms with Crippen LogP contribution in [0.1, 0.15) is 26.7 Å². The molecule has 0 bridgehead atoms. The third-order valence-electron chi connectivity index (χ3n) is 2.72. The summed E-state index contributed by atoms with van der Waals surface area (Å²) in [5.74, 6) is -0.0947. The van der Waals surface area contributed by atoms with Crippen molar-refractivity contribution in [2.24, 2.45) is 0 Å². The SMILES string of the molecule is CCOC1CC(NC(=O)C(CS)NC(C)=O)C1. The van der Waals surface area contributed by atoms with Crippen molar-refractivity contribution in [1.29, 1.82) is 0 Å². The molecule has 1 atom stereocenters. The van der Waals surface area contributed by atoms with E-state index < -0.39 is 6.04 Å². The van der Waals surface area contributed by atoms with Crippen molar-refractivity contribution in [2.45, 2.75) is 44.9 Å². The number of ether oxygens (including phenoxy) is 1. The first-order valence-electron chi connectivity index (χ1n) is 5.86. The van der Waals surface area contributed by atoms with Gasteiger partial charge in [-0.15, -0.1) is 0 Å². The summed E-state index contributed by atoms with van der Waals surface area (Å²) < 4.78 is 5.40. The number of hydrogen-bond acceptors (Lipinski definition) is 4. The molecule has 0 spiro atoms. The highest BCUT2D eigenvalue weighted by molar-refractivity contribution is 7.80. The van der Waals surface area contributed by atoms with Gasteiger partial charge >= 0.3 is 0 Å². The topological polar surface area (TPSA) is 67.4 Å². The maximum absolute atomic E-state index is 11.8. The molecule has 0 aromatic rings. The highest BCUT2D eigenvalue weighted by Gasteiger charge is 2.32. The Morgan fingerprint density at radius 3 is 2.59 bits per heavy atom. The van der Waals surface area contributed by atoms with Crippen LogP contribution in [0.3, 0.4) is 0 Å². The van der Waals surface area contributed by atoms with E-state index in [-0.39, 0.29) is 24.0 Å². The Hall–Kier alpha value is -0.750. The Balaban J connectivity index is 2.27. The average Bonchev–Trinajstić information content (AvgIpc) is 2.22. The summed E-state index contributed by atoms with van der Waals surface area (Å²) in [5.41, 5.74) is 0. The summed E-state index contributed by atoms with van der Waals surface area (Å²) in [5, 5.41) is 5.44. The van der Waals surface area contributed by atoms with Crippen molar-refractivity contribution < 1.29 is 14.3 Å². The minimum atomic E-state index is -0.554. The van der Waals surface area contributed by atoms with Crippen molar-refractivity contribution in [3.05, 3.63) is 0 Å². The molecule has 0 aromatic carbocycles. The van der Waals surface area contributed by atoms with Gasteiger partial charge in [-0.1, -0.05) is 0 Å². The molecule has 17 heavy (non-hydrogen) atoms. The van der Waals surface area contributed by atoms with Crippen LogP contribution >= 0.6 is 12.6 Å². The molecule has 98 valence electrons. The van der Waals surface area contributed by atoms with Gasteiger partial charge < -0.3 is 15.4 Å². The molecule has 0 aliphatic heterocycles. The van der Waals surface area contributed by atoms with Gasteiger partial charge in [0.15, 0.2) is 0 Å². The number of hydrogen-bond donors (Lipinski definition) is 3. The Morgan fingerprint density at radius 2 is 2.12 bits per heavy atom. The monoisotopic (exact) mass is 260 g/mol. The lowest BCUT2D eigenvalue weighted by molar-refractivity contribution is -0.129. The third kappa shape index (κ3) is 4.55. The van der Waals surface area contributed by atoms with E-state index in [1.807, 2.05) is 6.92 Å². The van der Waals surface area contributed by atoms with Crippen molar-refractivity contribution in [1.82, 2.24) is 10.6 Å². The molecule has 2 N–H and O–H groups in total. The summed E-state index contributed by atoms with van der Waals surface area (Å²) in [6, 6.07) is -0.392. The first-order valence-corrected chi connectivity index (χ1v) is 6.50. The quantitative estimate of drug-likeness (QED) is 0.594. The fourth-order valence-corrected chi connectivity index (χ4v) is 2.05. The van der Waals surface area contributed by atoms with Gasteiger partial charge in [-0.3, -0.25) is 9.59 Å². The lowest BCUT2D eigenvalue weighted by Crippen LogP contribution is -2.54. The lowest BCUT2D eigenvalue weighted by atomic mass is 9.89. The predicted octanol–water partition coefficient (Wildman–Crippen LogP) is 0.105. The van der Waals surface area contributed by atoms with E-state index in [0.29, 0.717) is 12.4 Å². The van der Waals surface area contributed by atoms with E-state index in [1.165, 1.54) is 6.92 Å². The van der Waals surface area contributed by atoms with E-state index in [1.54, 1.807) is 0 Å². The standard InChI is InChI=1S/C11H20N2O3S/c1-3-16-9-4-8(5-9)13-11(15)10(6-17)12-7(2)14/h8-10,17H,3-6H2,1-2H3,(H,12,14)(H,13,15). The van der Waals surface area contributed by atoms with Crippen LogP contribution in [0.25, 0.3) is 0 Å². The van der Waals surface area contributed by atoms with Gasteiger partial charge in [-0.25, -0.2) is 0 Å². The molecule has 1 saturated carbocycles. The van der Waals surface area contributed by atoms with Crippen LogP contribution in [0.5, 0.6) is 0 Å². The number of rotatable bonds is 6. The van der Waals surface area contributed by atoms with Crippen molar-refractivity contribution in [3.63, 3.8) is 0 Å². The second-order valence-corrected chi connectivity index (χ2v) is 4.56. The first kappa shape index (κ1) is 14.3. The highest BCUT2D eigenvalue weighted by atomic mass is 32.1. The lowest BCUT2D eigenvalue weighted by Gasteiger charge is -2.36. The number of amides is 2. The number of carbonyl (C=O) groups is 2. The van der Waals surface area contributed by atoms with Crippen LogP contribution in [-0.4, -0.2) is 42.4 Å². The minimum Gasteiger partial charge on any atom is -0.378 e. The molecule has 1 aliphatic rings. The molecule has 0 aromatic heterocycles. The molecule has 1 aliphatic carbocycles. The molecule has 0 heterocycles. The minimum absolute atomic E-state index is 0.162. The summed E-state index contributed by atoms with van der Waals surface area (Å²) in [7, 11) is 0. The van der Waals surface area contributed by atoms with E-state index >= 15 is 0 Å². The average molecular weight is 260 g/mol. The van der Waals surface area contributed by atoms with Crippen LogP contribution in [-0.2, 0) is 14.3 Å². The largest absolute Gasteiger partial charge is 0.378 e. The van der Waals surface area contributed by atoms with E-state index in [2.05, 4.69) is 23.3 Å². The zero-order valence-electron chi connectivity index (χ0n) is 10.2. The second-order valence-electron chi connectivity index (χ2n) is 4.19. The number of nitrogens with one attached hydrogen (secondary N) is 2. The van der Waals surface area contributed by atoms with Gasteiger partial charge in [0, 0.05) is 25.3 Å². The Labute approximate surface area is 107 Å². The normalized spacial score (nSPS) is 24.6. The van der Waals surface area contributed by atoms with Gasteiger partial charge in [0.2, 0.25) is 11.8 Å². The van der Waals surface area contributed by atoms with Gasteiger partial charge in [-0.05, 0) is 19.8 Å². The van der Waals surface area contributed by atoms with Crippen molar-refractivity contribution in [3.8, 4) is 0 Å². The smallest absolute Gasteiger partial charge is 0.243 e. The van der Waals surface area contributed by atoms with E-state index in [0.717, 1.165) is 12.8 Å². The fourth-order valence-electron chi connectivity index (χ4n) is 1.80. The highest BCUT2D eigenvalue weighted by Crippen LogP contribution is 2.23. The van der Waals surface area contributed by atoms with Crippen LogP contribution in [0.2, 0.25) is 0 Å². The molecular formula is C11H20N2O3S. The molecule has 6 heteroatoms. The third-order valence-corrected chi connectivity index (χ3v) is 3.09. The summed E-state index contributed by atoms with van der Waals surface area (Å²) >= 11 is 4.05. The molecule has 1 fully saturated rings. The molecule has 2 amide bonds. The Kier molecular flexibility index (Phi) is 5.77. The molecular weight excluding hydrogens is 240 g/mol. The van der Waals surface area contributed by atoms with Gasteiger partial charge in [0.05, 0.1) is 6.10 Å². The predicted molar refractivity (Wildman–Crippen MR) is 68.0 cm³/mol. The van der Waals surface area contributed by atoms with Crippen molar-refractivity contribution >= 4 is 24.4 Å². The van der Waals surface area contributed by atoms with Crippen LogP contribution < -0.4 is 10.6 Å². The molecule has 0 saturated heterocycles. The molecule has 5 nitrogen and oxygen atoms in total.